The maximum Gasteiger partial charge on any atom is 0.302 e. The quantitative estimate of drug-likeness (QED) is 0.462. The average molecular weight is 350 g/mol. The Labute approximate surface area is 151 Å². The zero-order valence-electron chi connectivity index (χ0n) is 14.6. The van der Waals surface area contributed by atoms with Gasteiger partial charge < -0.3 is 4.74 Å². The topological polar surface area (TPSA) is 87.5 Å². The Hall–Kier alpha value is -3.46. The maximum absolute atomic E-state index is 12.6. The minimum Gasteiger partial charge on any atom is -0.464 e. The van der Waals surface area contributed by atoms with Crippen molar-refractivity contribution in [1.29, 1.82) is 5.26 Å². The summed E-state index contributed by atoms with van der Waals surface area (Å²) in [4.78, 5) is 36.8. The molecule has 0 fully saturated rings. The van der Waals surface area contributed by atoms with Crippen molar-refractivity contribution in [2.75, 3.05) is 13.2 Å². The molecule has 0 saturated carbocycles. The van der Waals surface area contributed by atoms with E-state index in [1.54, 1.807) is 19.1 Å². The minimum absolute atomic E-state index is 0.0909. The number of hydrogen-bond donors (Lipinski definition) is 0. The lowest BCUT2D eigenvalue weighted by Gasteiger charge is -2.27. The normalized spacial score (nSPS) is 16.3. The largest absolute Gasteiger partial charge is 0.464 e. The second-order valence-electron chi connectivity index (χ2n) is 5.56. The Bertz CT molecular complexity index is 858. The van der Waals surface area contributed by atoms with Gasteiger partial charge in [-0.25, -0.2) is 0 Å². The lowest BCUT2D eigenvalue weighted by molar-refractivity contribution is -0.147. The highest BCUT2D eigenvalue weighted by atomic mass is 16.5. The van der Waals surface area contributed by atoms with Crippen LogP contribution in [0.3, 0.4) is 0 Å². The molecular weight excluding hydrogens is 332 g/mol. The Morgan fingerprint density at radius 3 is 2.54 bits per heavy atom. The van der Waals surface area contributed by atoms with E-state index in [0.717, 1.165) is 10.5 Å². The van der Waals surface area contributed by atoms with Crippen molar-refractivity contribution in [3.05, 3.63) is 64.8 Å². The summed E-state index contributed by atoms with van der Waals surface area (Å²) < 4.78 is 4.79. The molecular formula is C20H18N2O4. The molecule has 1 aromatic rings. The lowest BCUT2D eigenvalue weighted by atomic mass is 9.95. The maximum atomic E-state index is 12.6. The Morgan fingerprint density at radius 2 is 1.92 bits per heavy atom. The molecule has 0 N–H and O–H groups in total. The van der Waals surface area contributed by atoms with Crippen molar-refractivity contribution in [2.45, 2.75) is 13.8 Å². The number of allylic oxidation sites excluding steroid dienone is 2. The van der Waals surface area contributed by atoms with Gasteiger partial charge in [0.1, 0.15) is 18.2 Å². The molecule has 0 spiro atoms. The Morgan fingerprint density at radius 1 is 1.23 bits per heavy atom. The second kappa shape index (κ2) is 8.58. The summed E-state index contributed by atoms with van der Waals surface area (Å²) in [6.07, 6.45) is 5.09. The molecule has 0 bridgehead atoms. The number of nitrogens with zero attached hydrogens (tertiary/aromatic N) is 2. The molecule has 1 aliphatic rings. The molecule has 0 radical (unpaired) electrons. The summed E-state index contributed by atoms with van der Waals surface area (Å²) in [6, 6.07) is 11.4. The SMILES string of the molecule is CC(=O)OCCN1C(=O)C(=CC=Cc2ccccc2)C(C)=C(C#N)C1=O. The van der Waals surface area contributed by atoms with Crippen molar-refractivity contribution in [2.24, 2.45) is 0 Å². The molecule has 0 unspecified atom stereocenters. The fourth-order valence-electron chi connectivity index (χ4n) is 2.46. The summed E-state index contributed by atoms with van der Waals surface area (Å²) in [5.74, 6) is -1.70. The van der Waals surface area contributed by atoms with Crippen LogP contribution < -0.4 is 0 Å². The van der Waals surface area contributed by atoms with Gasteiger partial charge in [0.05, 0.1) is 6.54 Å². The van der Waals surface area contributed by atoms with Gasteiger partial charge in [-0.1, -0.05) is 42.5 Å². The number of ether oxygens (including phenoxy) is 1. The van der Waals surface area contributed by atoms with E-state index in [4.69, 9.17) is 4.74 Å². The van der Waals surface area contributed by atoms with E-state index < -0.39 is 17.8 Å². The van der Waals surface area contributed by atoms with Crippen LogP contribution in [-0.2, 0) is 19.1 Å². The molecule has 6 nitrogen and oxygen atoms in total. The van der Waals surface area contributed by atoms with Crippen LogP contribution in [0, 0.1) is 11.3 Å². The van der Waals surface area contributed by atoms with Gasteiger partial charge in [-0.05, 0) is 24.1 Å². The molecule has 2 rings (SSSR count). The molecule has 1 aromatic carbocycles. The van der Waals surface area contributed by atoms with E-state index in [-0.39, 0.29) is 24.3 Å². The standard InChI is InChI=1S/C20H18N2O4/c1-14-17(10-6-9-16-7-4-3-5-8-16)19(24)22(11-12-26-15(2)23)20(25)18(14)13-21/h3-10H,11-12H2,1-2H3. The van der Waals surface area contributed by atoms with Crippen molar-refractivity contribution >= 4 is 23.9 Å². The first kappa shape index (κ1) is 18.9. The van der Waals surface area contributed by atoms with Crippen molar-refractivity contribution in [3.8, 4) is 6.07 Å². The predicted molar refractivity (Wildman–Crippen MR) is 95.2 cm³/mol. The van der Waals surface area contributed by atoms with Gasteiger partial charge in [-0.2, -0.15) is 5.26 Å². The molecule has 132 valence electrons. The van der Waals surface area contributed by atoms with Gasteiger partial charge >= 0.3 is 5.97 Å². The predicted octanol–water partition coefficient (Wildman–Crippen LogP) is 2.40. The number of carbonyl (C=O) groups excluding carboxylic acids is 3. The van der Waals surface area contributed by atoms with Gasteiger partial charge in [-0.15, -0.1) is 0 Å². The number of benzene rings is 1. The Balaban J connectivity index is 2.30. The monoisotopic (exact) mass is 350 g/mol. The van der Waals surface area contributed by atoms with Crippen LogP contribution in [0.1, 0.15) is 19.4 Å². The summed E-state index contributed by atoms with van der Waals surface area (Å²) in [6.45, 7) is 2.59. The smallest absolute Gasteiger partial charge is 0.302 e. The van der Waals surface area contributed by atoms with E-state index in [2.05, 4.69) is 0 Å². The summed E-state index contributed by atoms with van der Waals surface area (Å²) >= 11 is 0. The highest BCUT2D eigenvalue weighted by Gasteiger charge is 2.34. The fourth-order valence-corrected chi connectivity index (χ4v) is 2.46. The van der Waals surface area contributed by atoms with Gasteiger partial charge in [0.25, 0.3) is 11.8 Å². The van der Waals surface area contributed by atoms with Crippen LogP contribution in [0.5, 0.6) is 0 Å². The molecule has 2 amide bonds. The van der Waals surface area contributed by atoms with Gasteiger partial charge in [0.2, 0.25) is 0 Å². The van der Waals surface area contributed by atoms with Gasteiger partial charge in [0, 0.05) is 12.5 Å². The van der Waals surface area contributed by atoms with Crippen molar-refractivity contribution in [1.82, 2.24) is 4.90 Å². The third-order valence-electron chi connectivity index (χ3n) is 3.80. The van der Waals surface area contributed by atoms with E-state index in [1.807, 2.05) is 42.5 Å². The fraction of sp³-hybridized carbons (Fsp3) is 0.200. The summed E-state index contributed by atoms with van der Waals surface area (Å²) in [5, 5.41) is 9.27. The zero-order chi connectivity index (χ0) is 19.1. The molecule has 26 heavy (non-hydrogen) atoms. The highest BCUT2D eigenvalue weighted by Crippen LogP contribution is 2.25. The average Bonchev–Trinajstić information content (AvgIpc) is 2.62. The number of hydrogen-bond acceptors (Lipinski definition) is 5. The first-order valence-corrected chi connectivity index (χ1v) is 8.00. The first-order chi connectivity index (χ1) is 12.5. The first-order valence-electron chi connectivity index (χ1n) is 8.00. The number of nitriles is 1. The molecule has 0 atom stereocenters. The molecule has 6 heteroatoms. The molecule has 1 aliphatic heterocycles. The van der Waals surface area contributed by atoms with E-state index in [9.17, 15) is 19.6 Å². The number of rotatable bonds is 5. The zero-order valence-corrected chi connectivity index (χ0v) is 14.6. The number of esters is 1. The van der Waals surface area contributed by atoms with Crippen LogP contribution in [0.25, 0.3) is 6.08 Å². The van der Waals surface area contributed by atoms with E-state index >= 15 is 0 Å². The minimum atomic E-state index is -0.675. The highest BCUT2D eigenvalue weighted by molar-refractivity contribution is 6.18. The molecule has 0 aliphatic carbocycles. The third-order valence-corrected chi connectivity index (χ3v) is 3.80. The van der Waals surface area contributed by atoms with Gasteiger partial charge in [-0.3, -0.25) is 19.3 Å². The number of amides is 2. The number of carbonyl (C=O) groups is 3. The van der Waals surface area contributed by atoms with E-state index in [1.165, 1.54) is 6.92 Å². The van der Waals surface area contributed by atoms with Crippen LogP contribution in [0.4, 0.5) is 0 Å². The van der Waals surface area contributed by atoms with Crippen molar-refractivity contribution < 1.29 is 19.1 Å². The Kier molecular flexibility index (Phi) is 6.23. The lowest BCUT2D eigenvalue weighted by Crippen LogP contribution is -2.44. The van der Waals surface area contributed by atoms with Crippen LogP contribution in [0.2, 0.25) is 0 Å². The second-order valence-corrected chi connectivity index (χ2v) is 5.56. The number of imide groups is 1. The third kappa shape index (κ3) is 4.33. The van der Waals surface area contributed by atoms with E-state index in [0.29, 0.717) is 5.57 Å². The van der Waals surface area contributed by atoms with Crippen LogP contribution >= 0.6 is 0 Å². The van der Waals surface area contributed by atoms with Crippen LogP contribution in [0.15, 0.2) is 59.2 Å². The van der Waals surface area contributed by atoms with Crippen molar-refractivity contribution in [3.63, 3.8) is 0 Å². The van der Waals surface area contributed by atoms with Crippen LogP contribution in [-0.4, -0.2) is 35.8 Å². The molecule has 0 aromatic heterocycles. The molecule has 1 heterocycles. The molecule has 0 saturated heterocycles. The summed E-state index contributed by atoms with van der Waals surface area (Å²) in [7, 11) is 0. The summed E-state index contributed by atoms with van der Waals surface area (Å²) in [5.41, 5.74) is 1.46. The van der Waals surface area contributed by atoms with Gasteiger partial charge in [0.15, 0.2) is 0 Å².